The maximum atomic E-state index is 11.9. The molecule has 0 aromatic heterocycles. The van der Waals surface area contributed by atoms with Crippen molar-refractivity contribution in [3.63, 3.8) is 0 Å². The molecule has 0 saturated carbocycles. The molecular formula is C18H26O2S2. The van der Waals surface area contributed by atoms with E-state index in [1.54, 1.807) is 11.8 Å². The number of hydrogen-bond donors (Lipinski definition) is 0. The number of thiocarbonyl (C=S) groups is 1. The van der Waals surface area contributed by atoms with E-state index in [1.807, 2.05) is 6.92 Å². The molecule has 1 rings (SSSR count). The predicted molar refractivity (Wildman–Crippen MR) is 98.8 cm³/mol. The quantitative estimate of drug-likeness (QED) is 0.420. The molecule has 1 aromatic carbocycles. The third-order valence-corrected chi connectivity index (χ3v) is 5.26. The molecule has 0 bridgehead atoms. The SMILES string of the molecule is CCOC(=O)Cc1cc(C(C)(C)C)ccc1SC(=S)C(C)C. The standard InChI is InChI=1S/C18H26O2S2/c1-7-20-16(19)11-13-10-14(18(4,5)6)8-9-15(13)22-17(21)12(2)3/h8-10,12H,7,11H2,1-6H3. The van der Waals surface area contributed by atoms with E-state index in [2.05, 4.69) is 52.8 Å². The molecule has 0 N–H and O–H groups in total. The van der Waals surface area contributed by atoms with Gasteiger partial charge in [-0.15, -0.1) is 0 Å². The van der Waals surface area contributed by atoms with E-state index in [-0.39, 0.29) is 11.4 Å². The summed E-state index contributed by atoms with van der Waals surface area (Å²) in [5.74, 6) is 0.142. The first-order valence-electron chi connectivity index (χ1n) is 7.65. The maximum absolute atomic E-state index is 11.9. The van der Waals surface area contributed by atoms with Crippen LogP contribution in [0.1, 0.15) is 52.7 Å². The second-order valence-corrected chi connectivity index (χ2v) is 8.41. The molecule has 0 unspecified atom stereocenters. The number of rotatable bonds is 5. The van der Waals surface area contributed by atoms with Gasteiger partial charge in [0.25, 0.3) is 0 Å². The van der Waals surface area contributed by atoms with Crippen LogP contribution in [0.3, 0.4) is 0 Å². The zero-order valence-electron chi connectivity index (χ0n) is 14.4. The van der Waals surface area contributed by atoms with Crippen LogP contribution in [0.2, 0.25) is 0 Å². The van der Waals surface area contributed by atoms with Gasteiger partial charge in [0.2, 0.25) is 0 Å². The first-order chi connectivity index (χ1) is 10.1. The van der Waals surface area contributed by atoms with Gasteiger partial charge in [-0.2, -0.15) is 0 Å². The van der Waals surface area contributed by atoms with E-state index in [4.69, 9.17) is 17.0 Å². The lowest BCUT2D eigenvalue weighted by Gasteiger charge is -2.21. The highest BCUT2D eigenvalue weighted by Crippen LogP contribution is 2.32. The zero-order valence-corrected chi connectivity index (χ0v) is 16.0. The lowest BCUT2D eigenvalue weighted by molar-refractivity contribution is -0.142. The molecule has 0 spiro atoms. The minimum atomic E-state index is -0.189. The van der Waals surface area contributed by atoms with Crippen molar-refractivity contribution in [1.82, 2.24) is 0 Å². The molecule has 2 nitrogen and oxygen atoms in total. The van der Waals surface area contributed by atoms with Crippen molar-refractivity contribution in [2.45, 2.75) is 58.3 Å². The van der Waals surface area contributed by atoms with Crippen LogP contribution in [0.5, 0.6) is 0 Å². The minimum absolute atomic E-state index is 0.0468. The van der Waals surface area contributed by atoms with Gasteiger partial charge in [-0.3, -0.25) is 4.79 Å². The normalized spacial score (nSPS) is 11.6. The molecule has 0 atom stereocenters. The van der Waals surface area contributed by atoms with E-state index in [0.717, 1.165) is 14.7 Å². The fraction of sp³-hybridized carbons (Fsp3) is 0.556. The van der Waals surface area contributed by atoms with Gasteiger partial charge in [0.15, 0.2) is 0 Å². The summed E-state index contributed by atoms with van der Waals surface area (Å²) < 4.78 is 6.04. The highest BCUT2D eigenvalue weighted by Gasteiger charge is 2.18. The van der Waals surface area contributed by atoms with Crippen LogP contribution in [0, 0.1) is 5.92 Å². The van der Waals surface area contributed by atoms with E-state index < -0.39 is 0 Å². The zero-order chi connectivity index (χ0) is 16.9. The second kappa shape index (κ2) is 8.11. The van der Waals surface area contributed by atoms with Gasteiger partial charge in [0, 0.05) is 4.90 Å². The van der Waals surface area contributed by atoms with Gasteiger partial charge in [0.05, 0.1) is 17.2 Å². The van der Waals surface area contributed by atoms with Crippen molar-refractivity contribution >= 4 is 34.1 Å². The Kier molecular flexibility index (Phi) is 7.07. The van der Waals surface area contributed by atoms with Crippen LogP contribution in [0.25, 0.3) is 0 Å². The Morgan fingerprint density at radius 3 is 2.45 bits per heavy atom. The molecule has 122 valence electrons. The van der Waals surface area contributed by atoms with Crippen molar-refractivity contribution in [3.05, 3.63) is 29.3 Å². The topological polar surface area (TPSA) is 26.3 Å². The Morgan fingerprint density at radius 2 is 1.95 bits per heavy atom. The summed E-state index contributed by atoms with van der Waals surface area (Å²) in [6.07, 6.45) is 0.292. The van der Waals surface area contributed by atoms with Crippen LogP contribution in [0.15, 0.2) is 23.1 Å². The fourth-order valence-electron chi connectivity index (χ4n) is 1.88. The van der Waals surface area contributed by atoms with Crippen LogP contribution in [-0.4, -0.2) is 16.8 Å². The molecule has 0 saturated heterocycles. The Balaban J connectivity index is 3.13. The van der Waals surface area contributed by atoms with Crippen LogP contribution >= 0.6 is 24.0 Å². The molecule has 22 heavy (non-hydrogen) atoms. The summed E-state index contributed by atoms with van der Waals surface area (Å²) in [6.45, 7) is 12.9. The maximum Gasteiger partial charge on any atom is 0.310 e. The molecule has 0 aliphatic rings. The molecule has 0 fully saturated rings. The third-order valence-electron chi connectivity index (χ3n) is 3.25. The average Bonchev–Trinajstić information content (AvgIpc) is 2.39. The Morgan fingerprint density at radius 1 is 1.32 bits per heavy atom. The van der Waals surface area contributed by atoms with Gasteiger partial charge in [-0.25, -0.2) is 0 Å². The van der Waals surface area contributed by atoms with Crippen LogP contribution < -0.4 is 0 Å². The summed E-state index contributed by atoms with van der Waals surface area (Å²) >= 11 is 7.02. The van der Waals surface area contributed by atoms with Gasteiger partial charge in [0.1, 0.15) is 0 Å². The van der Waals surface area contributed by atoms with Gasteiger partial charge < -0.3 is 4.74 Å². The number of carbonyl (C=O) groups excluding carboxylic acids is 1. The van der Waals surface area contributed by atoms with Crippen molar-refractivity contribution in [2.24, 2.45) is 5.92 Å². The summed E-state index contributed by atoms with van der Waals surface area (Å²) in [5, 5.41) is 0. The number of thioether (sulfide) groups is 1. The molecule has 4 heteroatoms. The Bertz CT molecular complexity index is 543. The number of hydrogen-bond acceptors (Lipinski definition) is 4. The van der Waals surface area contributed by atoms with Crippen molar-refractivity contribution in [3.8, 4) is 0 Å². The lowest BCUT2D eigenvalue weighted by Crippen LogP contribution is -2.14. The molecule has 0 aliphatic heterocycles. The van der Waals surface area contributed by atoms with E-state index >= 15 is 0 Å². The third kappa shape index (κ3) is 5.73. The largest absolute Gasteiger partial charge is 0.466 e. The van der Waals surface area contributed by atoms with Gasteiger partial charge >= 0.3 is 5.97 Å². The summed E-state index contributed by atoms with van der Waals surface area (Å²) in [7, 11) is 0. The average molecular weight is 339 g/mol. The molecule has 0 radical (unpaired) electrons. The highest BCUT2D eigenvalue weighted by atomic mass is 32.2. The summed E-state index contributed by atoms with van der Waals surface area (Å²) in [5.41, 5.74) is 2.26. The van der Waals surface area contributed by atoms with Crippen molar-refractivity contribution in [1.29, 1.82) is 0 Å². The summed E-state index contributed by atoms with van der Waals surface area (Å²) in [4.78, 5) is 12.9. The van der Waals surface area contributed by atoms with Gasteiger partial charge in [-0.1, -0.05) is 70.7 Å². The van der Waals surface area contributed by atoms with Crippen molar-refractivity contribution in [2.75, 3.05) is 6.61 Å². The van der Waals surface area contributed by atoms with Crippen LogP contribution in [-0.2, 0) is 21.4 Å². The number of carbonyl (C=O) groups is 1. The molecule has 0 heterocycles. The van der Waals surface area contributed by atoms with Crippen LogP contribution in [0.4, 0.5) is 0 Å². The van der Waals surface area contributed by atoms with Gasteiger partial charge in [-0.05, 0) is 35.4 Å². The first kappa shape index (κ1) is 19.2. The van der Waals surface area contributed by atoms with Crippen molar-refractivity contribution < 1.29 is 9.53 Å². The first-order valence-corrected chi connectivity index (χ1v) is 8.88. The monoisotopic (exact) mass is 338 g/mol. The van der Waals surface area contributed by atoms with E-state index in [0.29, 0.717) is 18.9 Å². The highest BCUT2D eigenvalue weighted by molar-refractivity contribution is 8.23. The number of esters is 1. The lowest BCUT2D eigenvalue weighted by atomic mass is 9.86. The summed E-state index contributed by atoms with van der Waals surface area (Å²) in [6, 6.07) is 6.32. The molecule has 0 amide bonds. The minimum Gasteiger partial charge on any atom is -0.466 e. The molecular weight excluding hydrogens is 312 g/mol. The van der Waals surface area contributed by atoms with E-state index in [9.17, 15) is 4.79 Å². The number of ether oxygens (including phenoxy) is 1. The van der Waals surface area contributed by atoms with E-state index in [1.165, 1.54) is 5.56 Å². The second-order valence-electron chi connectivity index (χ2n) is 6.63. The Hall–Kier alpha value is -0.870. The molecule has 1 aromatic rings. The fourth-order valence-corrected chi connectivity index (χ4v) is 3.00. The number of benzene rings is 1. The predicted octanol–water partition coefficient (Wildman–Crippen LogP) is 5.17. The Labute approximate surface area is 144 Å². The smallest absolute Gasteiger partial charge is 0.310 e. The molecule has 0 aliphatic carbocycles.